The summed E-state index contributed by atoms with van der Waals surface area (Å²) in [4.78, 5) is 30.9. The third-order valence-corrected chi connectivity index (χ3v) is 7.57. The number of amides is 2. The van der Waals surface area contributed by atoms with Crippen molar-refractivity contribution in [3.05, 3.63) is 47.3 Å². The van der Waals surface area contributed by atoms with Crippen LogP contribution in [0.5, 0.6) is 0 Å². The Morgan fingerprint density at radius 2 is 1.86 bits per heavy atom. The van der Waals surface area contributed by atoms with E-state index in [1.165, 1.54) is 10.5 Å². The minimum Gasteiger partial charge on any atom is -0.391 e. The number of nitrogens with one attached hydrogen (secondary N) is 1. The molecule has 1 aromatic carbocycles. The van der Waals surface area contributed by atoms with Crippen LogP contribution >= 0.6 is 0 Å². The topological polar surface area (TPSA) is 104 Å². The predicted molar refractivity (Wildman–Crippen MR) is 142 cm³/mol. The monoisotopic (exact) mass is 510 g/mol. The Bertz CT molecular complexity index is 1090. The van der Waals surface area contributed by atoms with Gasteiger partial charge in [-0.3, -0.25) is 9.59 Å². The van der Waals surface area contributed by atoms with Gasteiger partial charge in [0.2, 0.25) is 11.8 Å². The first-order valence-corrected chi connectivity index (χ1v) is 13.4. The second kappa shape index (κ2) is 10.9. The lowest BCUT2D eigenvalue weighted by atomic mass is 9.85. The Morgan fingerprint density at radius 1 is 1.19 bits per heavy atom. The molecule has 4 atom stereocenters. The van der Waals surface area contributed by atoms with Crippen molar-refractivity contribution in [3.63, 3.8) is 0 Å². The van der Waals surface area contributed by atoms with Crippen LogP contribution in [0.4, 0.5) is 0 Å². The number of benzene rings is 1. The molecule has 1 aromatic heterocycles. The van der Waals surface area contributed by atoms with E-state index in [2.05, 4.69) is 51.7 Å². The van der Waals surface area contributed by atoms with Crippen LogP contribution in [0.25, 0.3) is 0 Å². The average molecular weight is 511 g/mol. The molecular weight excluding hydrogens is 468 g/mol. The molecule has 1 saturated heterocycles. The molecule has 1 saturated carbocycles. The van der Waals surface area contributed by atoms with Crippen LogP contribution in [-0.2, 0) is 16.0 Å². The molecule has 2 amide bonds. The Kier molecular flexibility index (Phi) is 8.04. The fraction of sp³-hybridized carbons (Fsp3) is 0.643. The van der Waals surface area contributed by atoms with E-state index >= 15 is 0 Å². The Labute approximate surface area is 220 Å². The molecule has 2 heterocycles. The van der Waals surface area contributed by atoms with Gasteiger partial charge in [0.05, 0.1) is 17.8 Å². The highest BCUT2D eigenvalue weighted by molar-refractivity contribution is 5.90. The molecule has 2 aromatic rings. The number of hydrogen-bond donors (Lipinski definition) is 2. The molecule has 1 aliphatic heterocycles. The molecule has 2 N–H and O–H groups in total. The molecule has 9 nitrogen and oxygen atoms in total. The van der Waals surface area contributed by atoms with Crippen molar-refractivity contribution in [3.8, 4) is 0 Å². The molecule has 202 valence electrons. The van der Waals surface area contributed by atoms with E-state index in [4.69, 9.17) is 0 Å². The van der Waals surface area contributed by atoms with E-state index in [-0.39, 0.29) is 30.8 Å². The van der Waals surface area contributed by atoms with E-state index in [9.17, 15) is 14.7 Å². The van der Waals surface area contributed by atoms with E-state index in [1.54, 1.807) is 4.68 Å². The van der Waals surface area contributed by atoms with Crippen LogP contribution in [0.1, 0.15) is 81.8 Å². The third-order valence-electron chi connectivity index (χ3n) is 7.57. The van der Waals surface area contributed by atoms with Crippen molar-refractivity contribution in [1.82, 2.24) is 30.1 Å². The van der Waals surface area contributed by atoms with Gasteiger partial charge in [-0.1, -0.05) is 57.2 Å². The van der Waals surface area contributed by atoms with Crippen molar-refractivity contribution < 1.29 is 14.7 Å². The SMILES string of the molecule is CCc1ccc(C(CNC(=O)C2CC(O)CN2C(=O)[C@@H](n2cc(C3CC3)nn2)C(C)(C)C)N(C)C)cc1. The van der Waals surface area contributed by atoms with Crippen molar-refractivity contribution >= 4 is 11.8 Å². The molecule has 2 fully saturated rings. The normalized spacial score (nSPS) is 21.8. The van der Waals surface area contributed by atoms with Crippen molar-refractivity contribution in [2.45, 2.75) is 83.5 Å². The number of aryl methyl sites for hydroxylation is 1. The lowest BCUT2D eigenvalue weighted by Crippen LogP contribution is -2.51. The summed E-state index contributed by atoms with van der Waals surface area (Å²) in [6.07, 6.45) is 4.53. The third kappa shape index (κ3) is 6.21. The molecular formula is C28H42N6O3. The number of likely N-dealkylation sites (N-methyl/N-ethyl adjacent to an activating group) is 1. The van der Waals surface area contributed by atoms with Crippen LogP contribution in [0, 0.1) is 5.41 Å². The first-order chi connectivity index (χ1) is 17.5. The molecule has 0 spiro atoms. The van der Waals surface area contributed by atoms with Gasteiger partial charge in [0.25, 0.3) is 0 Å². The van der Waals surface area contributed by atoms with Crippen molar-refractivity contribution in [2.75, 3.05) is 27.2 Å². The zero-order valence-electron chi connectivity index (χ0n) is 23.0. The molecule has 0 radical (unpaired) electrons. The van der Waals surface area contributed by atoms with Gasteiger partial charge in [0, 0.05) is 31.6 Å². The number of aliphatic hydroxyl groups is 1. The maximum absolute atomic E-state index is 13.9. The van der Waals surface area contributed by atoms with Crippen LogP contribution in [0.2, 0.25) is 0 Å². The molecule has 37 heavy (non-hydrogen) atoms. The zero-order chi connectivity index (χ0) is 26.9. The summed E-state index contributed by atoms with van der Waals surface area (Å²) in [5.74, 6) is -0.0259. The van der Waals surface area contributed by atoms with E-state index in [0.717, 1.165) is 30.5 Å². The smallest absolute Gasteiger partial charge is 0.248 e. The standard InChI is InChI=1S/C28H42N6O3/c1-7-18-8-10-20(11-9-18)24(32(5)6)15-29-26(36)23-14-21(35)16-33(23)27(37)25(28(2,3)4)34-17-22(30-31-34)19-12-13-19/h8-11,17,19,21,23-25,35H,7,12-16H2,1-6H3,(H,29,36)/t21?,23?,24?,25-/m1/s1. The minimum absolute atomic E-state index is 0.0105. The summed E-state index contributed by atoms with van der Waals surface area (Å²) >= 11 is 0. The summed E-state index contributed by atoms with van der Waals surface area (Å²) in [7, 11) is 3.98. The predicted octanol–water partition coefficient (Wildman–Crippen LogP) is 2.69. The summed E-state index contributed by atoms with van der Waals surface area (Å²) < 4.78 is 1.65. The van der Waals surface area contributed by atoms with E-state index in [0.29, 0.717) is 12.5 Å². The van der Waals surface area contributed by atoms with Crippen LogP contribution < -0.4 is 5.32 Å². The molecule has 0 bridgehead atoms. The van der Waals surface area contributed by atoms with Gasteiger partial charge in [0.1, 0.15) is 12.1 Å². The van der Waals surface area contributed by atoms with Gasteiger partial charge in [-0.05, 0) is 49.9 Å². The summed E-state index contributed by atoms with van der Waals surface area (Å²) in [6, 6.07) is 7.08. The van der Waals surface area contributed by atoms with Gasteiger partial charge in [0.15, 0.2) is 0 Å². The van der Waals surface area contributed by atoms with Crippen molar-refractivity contribution in [2.24, 2.45) is 5.41 Å². The van der Waals surface area contributed by atoms with Gasteiger partial charge in [-0.2, -0.15) is 0 Å². The number of β-amino-alcohol motifs (C(OH)–C–C–N with tert-alkyl or cyclic N) is 1. The van der Waals surface area contributed by atoms with Gasteiger partial charge < -0.3 is 20.2 Å². The zero-order valence-corrected chi connectivity index (χ0v) is 23.0. The number of likely N-dealkylation sites (tertiary alicyclic amines) is 1. The summed E-state index contributed by atoms with van der Waals surface area (Å²) in [6.45, 7) is 8.62. The van der Waals surface area contributed by atoms with Gasteiger partial charge >= 0.3 is 0 Å². The van der Waals surface area contributed by atoms with Crippen LogP contribution in [0.15, 0.2) is 30.5 Å². The summed E-state index contributed by atoms with van der Waals surface area (Å²) in [5, 5.41) is 22.2. The van der Waals surface area contributed by atoms with Crippen LogP contribution in [-0.4, -0.2) is 81.0 Å². The number of rotatable bonds is 9. The first-order valence-electron chi connectivity index (χ1n) is 13.4. The number of hydrogen-bond acceptors (Lipinski definition) is 6. The molecule has 4 rings (SSSR count). The van der Waals surface area contributed by atoms with E-state index < -0.39 is 23.6 Å². The maximum atomic E-state index is 13.9. The maximum Gasteiger partial charge on any atom is 0.248 e. The lowest BCUT2D eigenvalue weighted by Gasteiger charge is -2.35. The number of nitrogens with zero attached hydrogens (tertiary/aromatic N) is 5. The molecule has 2 aliphatic rings. The number of carbonyl (C=O) groups is 2. The largest absolute Gasteiger partial charge is 0.391 e. The molecule has 1 aliphatic carbocycles. The average Bonchev–Trinajstić information content (AvgIpc) is 3.45. The second-order valence-corrected chi connectivity index (χ2v) is 11.9. The second-order valence-electron chi connectivity index (χ2n) is 11.9. The number of aromatic nitrogens is 3. The fourth-order valence-corrected chi connectivity index (χ4v) is 5.22. The molecule has 3 unspecified atom stereocenters. The summed E-state index contributed by atoms with van der Waals surface area (Å²) in [5.41, 5.74) is 2.84. The van der Waals surface area contributed by atoms with Gasteiger partial charge in [-0.25, -0.2) is 4.68 Å². The lowest BCUT2D eigenvalue weighted by molar-refractivity contribution is -0.144. The minimum atomic E-state index is -0.746. The highest BCUT2D eigenvalue weighted by Gasteiger charge is 2.45. The van der Waals surface area contributed by atoms with Gasteiger partial charge in [-0.15, -0.1) is 5.10 Å². The highest BCUT2D eigenvalue weighted by atomic mass is 16.3. The fourth-order valence-electron chi connectivity index (χ4n) is 5.22. The Morgan fingerprint density at radius 3 is 2.43 bits per heavy atom. The number of carbonyl (C=O) groups excluding carboxylic acids is 2. The van der Waals surface area contributed by atoms with E-state index in [1.807, 2.05) is 41.1 Å². The quantitative estimate of drug-likeness (QED) is 0.538. The highest BCUT2D eigenvalue weighted by Crippen LogP contribution is 2.40. The first kappa shape index (κ1) is 27.3. The Balaban J connectivity index is 1.49. The molecule has 9 heteroatoms. The van der Waals surface area contributed by atoms with Crippen LogP contribution in [0.3, 0.4) is 0 Å². The number of aliphatic hydroxyl groups excluding tert-OH is 1. The van der Waals surface area contributed by atoms with Crippen molar-refractivity contribution in [1.29, 1.82) is 0 Å². The Hall–Kier alpha value is -2.78.